The number of Topliss-reactive ketones (excluding diaryl/α,β-unsaturated/α-hetero) is 1. The lowest BCUT2D eigenvalue weighted by Gasteiger charge is -2.49. The van der Waals surface area contributed by atoms with E-state index in [-0.39, 0.29) is 29.0 Å². The summed E-state index contributed by atoms with van der Waals surface area (Å²) in [6.07, 6.45) is -1.18. The molecule has 204 valence electrons. The molecule has 9 unspecified atom stereocenters. The average Bonchev–Trinajstić information content (AvgIpc) is 2.87. The molecule has 0 aromatic carbocycles. The molecule has 0 spiro atoms. The monoisotopic (exact) mass is 508 g/mol. The summed E-state index contributed by atoms with van der Waals surface area (Å²) in [5, 5.41) is 21.9. The molecule has 1 aromatic rings. The van der Waals surface area contributed by atoms with Crippen molar-refractivity contribution in [1.29, 1.82) is 0 Å². The van der Waals surface area contributed by atoms with Crippen LogP contribution in [-0.4, -0.2) is 46.1 Å². The van der Waals surface area contributed by atoms with Gasteiger partial charge in [-0.2, -0.15) is 0 Å². The second-order valence-corrected chi connectivity index (χ2v) is 10.6. The minimum absolute atomic E-state index is 0.153. The maximum Gasteiger partial charge on any atom is 0.311 e. The fourth-order valence-corrected chi connectivity index (χ4v) is 5.26. The van der Waals surface area contributed by atoms with Gasteiger partial charge >= 0.3 is 5.97 Å². The Labute approximate surface area is 214 Å². The Balaban J connectivity index is 2.19. The molecule has 1 saturated heterocycles. The Kier molecular flexibility index (Phi) is 9.70. The highest BCUT2D eigenvalue weighted by Crippen LogP contribution is 2.41. The number of rotatable bonds is 9. The Morgan fingerprint density at radius 2 is 1.64 bits per heavy atom. The molecule has 0 saturated carbocycles. The lowest BCUT2D eigenvalue weighted by Crippen LogP contribution is -2.58. The zero-order valence-electron chi connectivity index (χ0n) is 23.4. The highest BCUT2D eigenvalue weighted by atomic mass is 16.6. The van der Waals surface area contributed by atoms with Gasteiger partial charge in [-0.25, -0.2) is 0 Å². The minimum Gasteiger partial charge on any atom is -0.465 e. The number of carbonyl (C=O) groups is 2. The molecule has 8 heteroatoms. The van der Waals surface area contributed by atoms with Crippen LogP contribution in [0.25, 0.3) is 0 Å². The first kappa shape index (κ1) is 30.2. The van der Waals surface area contributed by atoms with E-state index in [1.807, 2.05) is 20.8 Å². The predicted molar refractivity (Wildman–Crippen MR) is 136 cm³/mol. The summed E-state index contributed by atoms with van der Waals surface area (Å²) in [5.74, 6) is -4.95. The van der Waals surface area contributed by atoms with E-state index < -0.39 is 47.6 Å². The molecule has 0 amide bonds. The smallest absolute Gasteiger partial charge is 0.311 e. The number of carbonyl (C=O) groups excluding carboxylic acids is 2. The van der Waals surface area contributed by atoms with Gasteiger partial charge in [-0.3, -0.25) is 14.4 Å². The van der Waals surface area contributed by atoms with Gasteiger partial charge in [0.25, 0.3) is 0 Å². The Morgan fingerprint density at radius 3 is 2.17 bits per heavy atom. The maximum atomic E-state index is 13.2. The molecule has 0 aliphatic carbocycles. The maximum absolute atomic E-state index is 13.2. The summed E-state index contributed by atoms with van der Waals surface area (Å²) in [5.41, 5.74) is 0.692. The van der Waals surface area contributed by atoms with Crippen LogP contribution in [0, 0.1) is 44.4 Å². The van der Waals surface area contributed by atoms with Crippen LogP contribution in [0.5, 0.6) is 0 Å². The fraction of sp³-hybridized carbons (Fsp3) is 0.750. The van der Waals surface area contributed by atoms with E-state index in [1.165, 1.54) is 6.92 Å². The number of ether oxygens (including phenoxy) is 2. The third kappa shape index (κ3) is 5.60. The zero-order chi connectivity index (χ0) is 27.7. The van der Waals surface area contributed by atoms with E-state index in [2.05, 4.69) is 0 Å². The van der Waals surface area contributed by atoms with Gasteiger partial charge < -0.3 is 24.1 Å². The van der Waals surface area contributed by atoms with Crippen molar-refractivity contribution in [3.63, 3.8) is 0 Å². The van der Waals surface area contributed by atoms with Gasteiger partial charge in [0, 0.05) is 28.9 Å². The number of aryl methyl sites for hydroxylation is 1. The highest BCUT2D eigenvalue weighted by Gasteiger charge is 2.51. The standard InChI is InChI=1S/C28H44O8/c1-11-21-14(4)26(19(9)28(33,12-2)36-21)35-27(32)18(8)24(31)15(5)23(30)17(7)25-16(6)22(29)13(3)20(10)34-25/h14-15,17-19,21,24,26,31,33H,11-12H2,1-10H3. The van der Waals surface area contributed by atoms with Crippen LogP contribution in [0.15, 0.2) is 9.21 Å². The minimum atomic E-state index is -1.41. The fourth-order valence-electron chi connectivity index (χ4n) is 5.26. The lowest BCUT2D eigenvalue weighted by molar-refractivity contribution is -0.320. The van der Waals surface area contributed by atoms with Crippen molar-refractivity contribution in [2.24, 2.45) is 23.7 Å². The zero-order valence-corrected chi connectivity index (χ0v) is 23.4. The number of ketones is 1. The van der Waals surface area contributed by atoms with Crippen molar-refractivity contribution in [2.45, 2.75) is 112 Å². The summed E-state index contributed by atoms with van der Waals surface area (Å²) in [6, 6.07) is 0. The molecule has 2 N–H and O–H groups in total. The second-order valence-electron chi connectivity index (χ2n) is 10.6. The van der Waals surface area contributed by atoms with Crippen molar-refractivity contribution < 1.29 is 33.7 Å². The molecule has 36 heavy (non-hydrogen) atoms. The summed E-state index contributed by atoms with van der Waals surface area (Å²) < 4.78 is 17.6. The van der Waals surface area contributed by atoms with Crippen molar-refractivity contribution in [3.05, 3.63) is 32.9 Å². The van der Waals surface area contributed by atoms with Crippen LogP contribution in [0.2, 0.25) is 0 Å². The first-order valence-electron chi connectivity index (χ1n) is 13.1. The number of aliphatic hydroxyl groups is 2. The number of esters is 1. The SMILES string of the molecule is CCC1OC(O)(CC)C(C)C(OC(=O)C(C)C(O)C(C)C(=O)C(C)c2oc(C)c(C)c(=O)c2C)C1C. The van der Waals surface area contributed by atoms with Crippen LogP contribution < -0.4 is 5.43 Å². The van der Waals surface area contributed by atoms with Gasteiger partial charge in [0.2, 0.25) is 0 Å². The molecule has 8 nitrogen and oxygen atoms in total. The van der Waals surface area contributed by atoms with Crippen LogP contribution in [0.1, 0.15) is 89.9 Å². The summed E-state index contributed by atoms with van der Waals surface area (Å²) >= 11 is 0. The molecule has 1 fully saturated rings. The van der Waals surface area contributed by atoms with Crippen LogP contribution in [-0.2, 0) is 19.1 Å². The largest absolute Gasteiger partial charge is 0.465 e. The molecule has 0 radical (unpaired) electrons. The molecule has 2 rings (SSSR count). The molecule has 2 heterocycles. The Bertz CT molecular complexity index is 1010. The Morgan fingerprint density at radius 1 is 1.06 bits per heavy atom. The first-order chi connectivity index (χ1) is 16.6. The van der Waals surface area contributed by atoms with Gasteiger partial charge in [-0.15, -0.1) is 0 Å². The van der Waals surface area contributed by atoms with Crippen molar-refractivity contribution >= 4 is 11.8 Å². The van der Waals surface area contributed by atoms with E-state index in [9.17, 15) is 24.6 Å². The molecule has 9 atom stereocenters. The summed E-state index contributed by atoms with van der Waals surface area (Å²) in [7, 11) is 0. The number of aliphatic hydroxyl groups excluding tert-OH is 1. The first-order valence-corrected chi connectivity index (χ1v) is 13.1. The molecule has 1 aliphatic rings. The molecule has 1 aromatic heterocycles. The quantitative estimate of drug-likeness (QED) is 0.481. The van der Waals surface area contributed by atoms with Crippen molar-refractivity contribution in [3.8, 4) is 0 Å². The van der Waals surface area contributed by atoms with E-state index in [1.54, 1.807) is 41.5 Å². The molecule has 0 bridgehead atoms. The summed E-state index contributed by atoms with van der Waals surface area (Å²) in [4.78, 5) is 38.8. The van der Waals surface area contributed by atoms with E-state index >= 15 is 0 Å². The molecule has 1 aliphatic heterocycles. The van der Waals surface area contributed by atoms with Crippen LogP contribution in [0.4, 0.5) is 0 Å². The third-order valence-corrected chi connectivity index (χ3v) is 8.33. The number of hydrogen-bond donors (Lipinski definition) is 2. The van der Waals surface area contributed by atoms with Gasteiger partial charge in [-0.1, -0.05) is 34.6 Å². The van der Waals surface area contributed by atoms with Gasteiger partial charge in [0.15, 0.2) is 11.2 Å². The summed E-state index contributed by atoms with van der Waals surface area (Å²) in [6.45, 7) is 17.2. The van der Waals surface area contributed by atoms with Gasteiger partial charge in [0.1, 0.15) is 23.4 Å². The van der Waals surface area contributed by atoms with Gasteiger partial charge in [0.05, 0.1) is 24.0 Å². The van der Waals surface area contributed by atoms with Crippen LogP contribution in [0.3, 0.4) is 0 Å². The highest BCUT2D eigenvalue weighted by molar-refractivity contribution is 5.88. The third-order valence-electron chi connectivity index (χ3n) is 8.33. The van der Waals surface area contributed by atoms with E-state index in [0.29, 0.717) is 29.7 Å². The van der Waals surface area contributed by atoms with Crippen molar-refractivity contribution in [2.75, 3.05) is 0 Å². The average molecular weight is 509 g/mol. The Hall–Kier alpha value is -2.03. The normalized spacial score (nSPS) is 29.8. The van der Waals surface area contributed by atoms with Gasteiger partial charge in [-0.05, 0) is 47.5 Å². The number of hydrogen-bond acceptors (Lipinski definition) is 8. The predicted octanol–water partition coefficient (Wildman–Crippen LogP) is 3.96. The second kappa shape index (κ2) is 11.6. The lowest BCUT2D eigenvalue weighted by atomic mass is 9.78. The van der Waals surface area contributed by atoms with E-state index in [0.717, 1.165) is 0 Å². The molecular weight excluding hydrogens is 464 g/mol. The van der Waals surface area contributed by atoms with E-state index in [4.69, 9.17) is 13.9 Å². The topological polar surface area (TPSA) is 123 Å². The molecular formula is C28H44O8. The van der Waals surface area contributed by atoms with Crippen molar-refractivity contribution in [1.82, 2.24) is 0 Å². The van der Waals surface area contributed by atoms with Crippen LogP contribution >= 0.6 is 0 Å².